The van der Waals surface area contributed by atoms with E-state index in [1.807, 2.05) is 101 Å². The quantitative estimate of drug-likeness (QED) is 0.166. The zero-order chi connectivity index (χ0) is 34.4. The Labute approximate surface area is 279 Å². The molecule has 3 aromatic carbocycles. The van der Waals surface area contributed by atoms with E-state index in [9.17, 15) is 14.4 Å². The maximum Gasteiger partial charge on any atom is 0.258 e. The number of benzene rings is 3. The minimum absolute atomic E-state index is 0.00975. The topological polar surface area (TPSA) is 143 Å². The fraction of sp³-hybridized carbons (Fsp3) is 0.333. The molecule has 0 atom stereocenters. The summed E-state index contributed by atoms with van der Waals surface area (Å²) < 4.78 is 7.44. The standard InChI is InChI=1S/C36H42N8O4/c1-22(2)38-32(45)19-43(27-14-15-31-26(16-27)18-37-44(31)20-33(46)39-23(3)4)36-29-12-7-8-13-30(29)41-35(42-36)25-10-9-11-28(17-25)48-21-34(47)40-24(5)6/h7-18,22-24H,19-21H2,1-6H3,(H,38,45)(H,39,46)(H,40,47). The first-order valence-corrected chi connectivity index (χ1v) is 16.1. The van der Waals surface area contributed by atoms with Crippen LogP contribution in [0.25, 0.3) is 33.2 Å². The molecule has 12 heteroatoms. The van der Waals surface area contributed by atoms with E-state index in [0.29, 0.717) is 28.5 Å². The van der Waals surface area contributed by atoms with Crippen molar-refractivity contribution in [2.45, 2.75) is 66.2 Å². The summed E-state index contributed by atoms with van der Waals surface area (Å²) in [6.07, 6.45) is 1.71. The van der Waals surface area contributed by atoms with Crippen LogP contribution >= 0.6 is 0 Å². The predicted octanol–water partition coefficient (Wildman–Crippen LogP) is 4.74. The summed E-state index contributed by atoms with van der Waals surface area (Å²) in [5.74, 6) is 0.962. The lowest BCUT2D eigenvalue weighted by molar-refractivity contribution is -0.124. The van der Waals surface area contributed by atoms with Crippen LogP contribution in [0.3, 0.4) is 0 Å². The number of carbonyl (C=O) groups is 3. The van der Waals surface area contributed by atoms with Crippen LogP contribution in [0.5, 0.6) is 5.75 Å². The molecule has 0 spiro atoms. The van der Waals surface area contributed by atoms with Crippen LogP contribution in [0.4, 0.5) is 11.5 Å². The molecule has 0 saturated carbocycles. The summed E-state index contributed by atoms with van der Waals surface area (Å²) in [7, 11) is 0. The first-order valence-electron chi connectivity index (χ1n) is 16.1. The van der Waals surface area contributed by atoms with Gasteiger partial charge in [0.05, 0.1) is 17.2 Å². The molecule has 0 aliphatic rings. The molecule has 250 valence electrons. The summed E-state index contributed by atoms with van der Waals surface area (Å²) in [6, 6.07) is 20.6. The number of hydrogen-bond acceptors (Lipinski definition) is 8. The highest BCUT2D eigenvalue weighted by Crippen LogP contribution is 2.34. The molecule has 2 heterocycles. The Hall–Kier alpha value is -5.52. The van der Waals surface area contributed by atoms with Crippen LogP contribution in [-0.4, -0.2) is 68.7 Å². The van der Waals surface area contributed by atoms with Gasteiger partial charge in [0.2, 0.25) is 11.8 Å². The van der Waals surface area contributed by atoms with Gasteiger partial charge in [-0.25, -0.2) is 9.97 Å². The van der Waals surface area contributed by atoms with Gasteiger partial charge in [-0.3, -0.25) is 19.1 Å². The summed E-state index contributed by atoms with van der Waals surface area (Å²) in [6.45, 7) is 11.4. The molecule has 3 amide bonds. The van der Waals surface area contributed by atoms with Crippen molar-refractivity contribution in [2.24, 2.45) is 0 Å². The van der Waals surface area contributed by atoms with Crippen molar-refractivity contribution in [3.8, 4) is 17.1 Å². The summed E-state index contributed by atoms with van der Waals surface area (Å²) in [5, 5.41) is 14.7. The molecular weight excluding hydrogens is 608 g/mol. The monoisotopic (exact) mass is 650 g/mol. The Morgan fingerprint density at radius 2 is 1.50 bits per heavy atom. The van der Waals surface area contributed by atoms with Gasteiger partial charge in [0, 0.05) is 40.1 Å². The first kappa shape index (κ1) is 33.8. The van der Waals surface area contributed by atoms with Gasteiger partial charge in [-0.1, -0.05) is 24.3 Å². The van der Waals surface area contributed by atoms with E-state index < -0.39 is 0 Å². The summed E-state index contributed by atoms with van der Waals surface area (Å²) in [5.41, 5.74) is 2.89. The van der Waals surface area contributed by atoms with Crippen LogP contribution in [0, 0.1) is 0 Å². The van der Waals surface area contributed by atoms with Crippen molar-refractivity contribution < 1.29 is 19.1 Å². The van der Waals surface area contributed by atoms with Gasteiger partial charge in [-0.2, -0.15) is 5.10 Å². The van der Waals surface area contributed by atoms with Gasteiger partial charge < -0.3 is 25.6 Å². The number of anilines is 2. The van der Waals surface area contributed by atoms with Gasteiger partial charge in [0.25, 0.3) is 5.91 Å². The Kier molecular flexibility index (Phi) is 10.5. The Morgan fingerprint density at radius 3 is 2.25 bits per heavy atom. The van der Waals surface area contributed by atoms with Gasteiger partial charge >= 0.3 is 0 Å². The number of carbonyl (C=O) groups excluding carboxylic acids is 3. The number of nitrogens with one attached hydrogen (secondary N) is 3. The van der Waals surface area contributed by atoms with Crippen molar-refractivity contribution in [1.29, 1.82) is 0 Å². The molecule has 0 fully saturated rings. The van der Waals surface area contributed by atoms with Crippen molar-refractivity contribution in [1.82, 2.24) is 35.7 Å². The molecule has 2 aromatic heterocycles. The SMILES string of the molecule is CC(C)NC(=O)COc1cccc(-c2nc(N(CC(=O)NC(C)C)c3ccc4c(cnn4CC(=O)NC(C)C)c3)c3ccccc3n2)c1. The molecule has 0 bridgehead atoms. The summed E-state index contributed by atoms with van der Waals surface area (Å²) in [4.78, 5) is 49.7. The molecule has 0 aliphatic carbocycles. The fourth-order valence-corrected chi connectivity index (χ4v) is 5.30. The van der Waals surface area contributed by atoms with E-state index in [2.05, 4.69) is 21.0 Å². The van der Waals surface area contributed by atoms with Gasteiger partial charge in [0.15, 0.2) is 12.4 Å². The summed E-state index contributed by atoms with van der Waals surface area (Å²) >= 11 is 0. The molecule has 0 radical (unpaired) electrons. The van der Waals surface area contributed by atoms with E-state index in [1.54, 1.807) is 23.0 Å². The molecule has 5 aromatic rings. The molecule has 0 aliphatic heterocycles. The van der Waals surface area contributed by atoms with Crippen LogP contribution in [0.1, 0.15) is 41.5 Å². The Balaban J connectivity index is 1.56. The number of aromatic nitrogens is 4. The number of amides is 3. The average Bonchev–Trinajstić information content (AvgIpc) is 3.42. The second-order valence-corrected chi connectivity index (χ2v) is 12.5. The van der Waals surface area contributed by atoms with Crippen LogP contribution in [0.2, 0.25) is 0 Å². The minimum atomic E-state index is -0.212. The van der Waals surface area contributed by atoms with E-state index in [0.717, 1.165) is 22.0 Å². The third kappa shape index (κ3) is 8.44. The van der Waals surface area contributed by atoms with Crippen LogP contribution < -0.4 is 25.6 Å². The number of fused-ring (bicyclic) bond motifs is 2. The predicted molar refractivity (Wildman–Crippen MR) is 187 cm³/mol. The maximum absolute atomic E-state index is 13.3. The number of hydrogen-bond donors (Lipinski definition) is 3. The molecule has 5 rings (SSSR count). The molecular formula is C36H42N8O4. The minimum Gasteiger partial charge on any atom is -0.484 e. The number of rotatable bonds is 13. The molecule has 12 nitrogen and oxygen atoms in total. The van der Waals surface area contributed by atoms with Crippen LogP contribution in [-0.2, 0) is 20.9 Å². The highest BCUT2D eigenvalue weighted by Gasteiger charge is 2.22. The van der Waals surface area contributed by atoms with Crippen molar-refractivity contribution in [3.63, 3.8) is 0 Å². The first-order chi connectivity index (χ1) is 23.0. The zero-order valence-electron chi connectivity index (χ0n) is 28.2. The molecule has 3 N–H and O–H groups in total. The van der Waals surface area contributed by atoms with E-state index in [-0.39, 0.29) is 55.5 Å². The van der Waals surface area contributed by atoms with Crippen molar-refractivity contribution in [2.75, 3.05) is 18.1 Å². The van der Waals surface area contributed by atoms with Crippen molar-refractivity contribution in [3.05, 3.63) is 72.9 Å². The number of ether oxygens (including phenoxy) is 1. The highest BCUT2D eigenvalue weighted by molar-refractivity contribution is 5.97. The molecule has 0 unspecified atom stereocenters. The normalized spacial score (nSPS) is 11.4. The van der Waals surface area contributed by atoms with Gasteiger partial charge in [-0.15, -0.1) is 0 Å². The second-order valence-electron chi connectivity index (χ2n) is 12.5. The van der Waals surface area contributed by atoms with Gasteiger partial charge in [-0.05, 0) is 84.0 Å². The third-order valence-electron chi connectivity index (χ3n) is 7.18. The lowest BCUT2D eigenvalue weighted by Crippen LogP contribution is -2.38. The second kappa shape index (κ2) is 14.9. The van der Waals surface area contributed by atoms with E-state index in [1.165, 1.54) is 0 Å². The van der Waals surface area contributed by atoms with E-state index in [4.69, 9.17) is 14.7 Å². The fourth-order valence-electron chi connectivity index (χ4n) is 5.30. The number of nitrogens with zero attached hydrogens (tertiary/aromatic N) is 5. The highest BCUT2D eigenvalue weighted by atomic mass is 16.5. The van der Waals surface area contributed by atoms with E-state index >= 15 is 0 Å². The third-order valence-corrected chi connectivity index (χ3v) is 7.18. The smallest absolute Gasteiger partial charge is 0.258 e. The van der Waals surface area contributed by atoms with Gasteiger partial charge in [0.1, 0.15) is 24.7 Å². The largest absolute Gasteiger partial charge is 0.484 e. The van der Waals surface area contributed by atoms with Crippen LogP contribution in [0.15, 0.2) is 72.9 Å². The van der Waals surface area contributed by atoms with Crippen molar-refractivity contribution >= 4 is 51.0 Å². The Morgan fingerprint density at radius 1 is 0.792 bits per heavy atom. The lowest BCUT2D eigenvalue weighted by atomic mass is 10.1. The lowest BCUT2D eigenvalue weighted by Gasteiger charge is -2.26. The molecule has 48 heavy (non-hydrogen) atoms. The number of para-hydroxylation sites is 1. The maximum atomic E-state index is 13.3. The molecule has 0 saturated heterocycles. The average molecular weight is 651 g/mol. The zero-order valence-corrected chi connectivity index (χ0v) is 28.2. The Bertz CT molecular complexity index is 1930.